The second kappa shape index (κ2) is 4.50. The first-order valence-corrected chi connectivity index (χ1v) is 5.41. The van der Waals surface area contributed by atoms with Gasteiger partial charge in [0, 0.05) is 10.6 Å². The Kier molecular flexibility index (Phi) is 3.07. The van der Waals surface area contributed by atoms with Crippen LogP contribution in [0.15, 0.2) is 42.5 Å². The van der Waals surface area contributed by atoms with E-state index < -0.39 is 0 Å². The summed E-state index contributed by atoms with van der Waals surface area (Å²) in [6, 6.07) is 13.2. The Labute approximate surface area is 99.7 Å². The molecule has 0 saturated carbocycles. The van der Waals surface area contributed by atoms with E-state index in [1.165, 1.54) is 0 Å². The second-order valence-corrected chi connectivity index (χ2v) is 4.10. The van der Waals surface area contributed by atoms with Crippen molar-refractivity contribution in [2.24, 2.45) is 0 Å². The highest BCUT2D eigenvalue weighted by Crippen LogP contribution is 2.28. The molecular weight excluding hydrogens is 220 g/mol. The lowest BCUT2D eigenvalue weighted by Gasteiger charge is -2.08. The van der Waals surface area contributed by atoms with E-state index in [1.807, 2.05) is 37.3 Å². The predicted octanol–water partition coefficient (Wildman–Crippen LogP) is 4.13. The first-order chi connectivity index (χ1) is 7.72. The minimum absolute atomic E-state index is 0.642. The van der Waals surface area contributed by atoms with E-state index in [0.717, 1.165) is 23.0 Å². The number of hydrogen-bond acceptors (Lipinski definition) is 1. The summed E-state index contributed by atoms with van der Waals surface area (Å²) in [7, 11) is 0. The lowest BCUT2D eigenvalue weighted by molar-refractivity contribution is 0.112. The Bertz CT molecular complexity index is 532. The van der Waals surface area contributed by atoms with E-state index >= 15 is 0 Å². The van der Waals surface area contributed by atoms with Crippen LogP contribution in [0, 0.1) is 6.92 Å². The molecule has 0 unspecified atom stereocenters. The van der Waals surface area contributed by atoms with Gasteiger partial charge in [-0.25, -0.2) is 0 Å². The smallest absolute Gasteiger partial charge is 0.150 e. The van der Waals surface area contributed by atoms with Gasteiger partial charge in [0.1, 0.15) is 0 Å². The van der Waals surface area contributed by atoms with Crippen LogP contribution in [-0.2, 0) is 0 Å². The van der Waals surface area contributed by atoms with Crippen molar-refractivity contribution in [1.29, 1.82) is 0 Å². The number of rotatable bonds is 2. The maximum atomic E-state index is 11.0. The van der Waals surface area contributed by atoms with Crippen LogP contribution in [0.2, 0.25) is 5.02 Å². The molecule has 0 fully saturated rings. The summed E-state index contributed by atoms with van der Waals surface area (Å²) in [4.78, 5) is 11.0. The van der Waals surface area contributed by atoms with Crippen molar-refractivity contribution < 1.29 is 4.79 Å². The third-order valence-electron chi connectivity index (χ3n) is 2.58. The van der Waals surface area contributed by atoms with Crippen molar-refractivity contribution in [1.82, 2.24) is 0 Å². The van der Waals surface area contributed by atoms with Crippen molar-refractivity contribution in [2.75, 3.05) is 0 Å². The van der Waals surface area contributed by atoms with Crippen molar-refractivity contribution in [2.45, 2.75) is 6.92 Å². The van der Waals surface area contributed by atoms with Gasteiger partial charge < -0.3 is 0 Å². The molecular formula is C14H11ClO. The SMILES string of the molecule is Cc1ccccc1-c1cc(Cl)ccc1C=O. The van der Waals surface area contributed by atoms with E-state index in [9.17, 15) is 4.79 Å². The fourth-order valence-corrected chi connectivity index (χ4v) is 1.91. The molecule has 0 aliphatic heterocycles. The van der Waals surface area contributed by atoms with Gasteiger partial charge in [0.15, 0.2) is 6.29 Å². The summed E-state index contributed by atoms with van der Waals surface area (Å²) in [6.45, 7) is 2.02. The second-order valence-electron chi connectivity index (χ2n) is 3.66. The van der Waals surface area contributed by atoms with Crippen molar-refractivity contribution >= 4 is 17.9 Å². The molecule has 0 saturated heterocycles. The summed E-state index contributed by atoms with van der Waals surface area (Å²) in [5.74, 6) is 0. The standard InChI is InChI=1S/C14H11ClO/c1-10-4-2-3-5-13(10)14-8-12(15)7-6-11(14)9-16/h2-9H,1H3. The Morgan fingerprint density at radius 3 is 2.50 bits per heavy atom. The molecule has 16 heavy (non-hydrogen) atoms. The number of benzene rings is 2. The van der Waals surface area contributed by atoms with Gasteiger partial charge in [-0.2, -0.15) is 0 Å². The normalized spacial score (nSPS) is 10.1. The number of carbonyl (C=O) groups is 1. The summed E-state index contributed by atoms with van der Waals surface area (Å²) >= 11 is 5.96. The third-order valence-corrected chi connectivity index (χ3v) is 2.81. The zero-order valence-electron chi connectivity index (χ0n) is 8.91. The van der Waals surface area contributed by atoms with Crippen molar-refractivity contribution in [3.8, 4) is 11.1 Å². The molecule has 0 amide bonds. The fourth-order valence-electron chi connectivity index (χ4n) is 1.74. The maximum absolute atomic E-state index is 11.0. The summed E-state index contributed by atoms with van der Waals surface area (Å²) < 4.78 is 0. The monoisotopic (exact) mass is 230 g/mol. The lowest BCUT2D eigenvalue weighted by atomic mass is 9.97. The molecule has 0 radical (unpaired) electrons. The van der Waals surface area contributed by atoms with Crippen molar-refractivity contribution in [3.05, 3.63) is 58.6 Å². The molecule has 2 heteroatoms. The Hall–Kier alpha value is -1.60. The predicted molar refractivity (Wildman–Crippen MR) is 67.0 cm³/mol. The number of halogens is 1. The zero-order valence-corrected chi connectivity index (χ0v) is 9.66. The molecule has 80 valence electrons. The van der Waals surface area contributed by atoms with E-state index in [-0.39, 0.29) is 0 Å². The highest BCUT2D eigenvalue weighted by atomic mass is 35.5. The molecule has 0 N–H and O–H groups in total. The largest absolute Gasteiger partial charge is 0.298 e. The van der Waals surface area contributed by atoms with Crippen LogP contribution in [-0.4, -0.2) is 6.29 Å². The minimum atomic E-state index is 0.642. The van der Waals surface area contributed by atoms with Crippen LogP contribution in [0.5, 0.6) is 0 Å². The van der Waals surface area contributed by atoms with Gasteiger partial charge in [0.2, 0.25) is 0 Å². The maximum Gasteiger partial charge on any atom is 0.150 e. The van der Waals surface area contributed by atoms with Crippen LogP contribution in [0.25, 0.3) is 11.1 Å². The Balaban J connectivity index is 2.67. The fraction of sp³-hybridized carbons (Fsp3) is 0.0714. The molecule has 0 bridgehead atoms. The Morgan fingerprint density at radius 2 is 1.81 bits per heavy atom. The molecule has 0 aliphatic rings. The van der Waals surface area contributed by atoms with Gasteiger partial charge in [-0.15, -0.1) is 0 Å². The number of aldehydes is 1. The molecule has 2 rings (SSSR count). The third kappa shape index (κ3) is 2.00. The summed E-state index contributed by atoms with van der Waals surface area (Å²) in [5.41, 5.74) is 3.74. The molecule has 0 aromatic heterocycles. The topological polar surface area (TPSA) is 17.1 Å². The van der Waals surface area contributed by atoms with Gasteiger partial charge in [0.25, 0.3) is 0 Å². The summed E-state index contributed by atoms with van der Waals surface area (Å²) in [6.07, 6.45) is 0.859. The van der Waals surface area contributed by atoms with Crippen LogP contribution in [0.3, 0.4) is 0 Å². The molecule has 0 atom stereocenters. The van der Waals surface area contributed by atoms with Gasteiger partial charge >= 0.3 is 0 Å². The van der Waals surface area contributed by atoms with Gasteiger partial charge in [-0.3, -0.25) is 4.79 Å². The Morgan fingerprint density at radius 1 is 1.06 bits per heavy atom. The minimum Gasteiger partial charge on any atom is -0.298 e. The van der Waals surface area contributed by atoms with E-state index in [0.29, 0.717) is 10.6 Å². The van der Waals surface area contributed by atoms with Crippen LogP contribution >= 0.6 is 11.6 Å². The molecule has 1 nitrogen and oxygen atoms in total. The van der Waals surface area contributed by atoms with Gasteiger partial charge in [-0.1, -0.05) is 35.9 Å². The van der Waals surface area contributed by atoms with Crippen molar-refractivity contribution in [3.63, 3.8) is 0 Å². The first kappa shape index (κ1) is 10.9. The molecule has 0 aliphatic carbocycles. The molecule has 0 spiro atoms. The quantitative estimate of drug-likeness (QED) is 0.709. The molecule has 2 aromatic rings. The highest BCUT2D eigenvalue weighted by Gasteiger charge is 2.07. The molecule has 0 heterocycles. The first-order valence-electron chi connectivity index (χ1n) is 5.03. The number of hydrogen-bond donors (Lipinski definition) is 0. The zero-order chi connectivity index (χ0) is 11.5. The average Bonchev–Trinajstić information content (AvgIpc) is 2.29. The van der Waals surface area contributed by atoms with Crippen LogP contribution < -0.4 is 0 Å². The van der Waals surface area contributed by atoms with Crippen LogP contribution in [0.1, 0.15) is 15.9 Å². The van der Waals surface area contributed by atoms with Gasteiger partial charge in [-0.05, 0) is 41.8 Å². The average molecular weight is 231 g/mol. The lowest BCUT2D eigenvalue weighted by Crippen LogP contribution is -1.89. The van der Waals surface area contributed by atoms with Crippen LogP contribution in [0.4, 0.5) is 0 Å². The molecule has 2 aromatic carbocycles. The number of aryl methyl sites for hydroxylation is 1. The van der Waals surface area contributed by atoms with Gasteiger partial charge in [0.05, 0.1) is 0 Å². The van der Waals surface area contributed by atoms with E-state index in [4.69, 9.17) is 11.6 Å². The van der Waals surface area contributed by atoms with E-state index in [2.05, 4.69) is 0 Å². The number of carbonyl (C=O) groups excluding carboxylic acids is 1. The highest BCUT2D eigenvalue weighted by molar-refractivity contribution is 6.31. The van der Waals surface area contributed by atoms with E-state index in [1.54, 1.807) is 12.1 Å². The summed E-state index contributed by atoms with van der Waals surface area (Å²) in [5, 5.41) is 0.642.